The Bertz CT molecular complexity index is 360. The van der Waals surface area contributed by atoms with Gasteiger partial charge in [-0.2, -0.15) is 5.10 Å². The second-order valence-corrected chi connectivity index (χ2v) is 5.79. The first-order valence-corrected chi connectivity index (χ1v) is 7.85. The molecule has 0 radical (unpaired) electrons. The normalized spacial score (nSPS) is 12.9. The van der Waals surface area contributed by atoms with Gasteiger partial charge in [-0.05, 0) is 28.8 Å². The van der Waals surface area contributed by atoms with Crippen LogP contribution in [0.1, 0.15) is 57.3 Å². The van der Waals surface area contributed by atoms with Crippen LogP contribution in [0, 0.1) is 0 Å². The average molecular weight is 316 g/mol. The van der Waals surface area contributed by atoms with E-state index in [9.17, 15) is 0 Å². The Labute approximate surface area is 119 Å². The minimum absolute atomic E-state index is 0.248. The molecule has 1 atom stereocenters. The summed E-state index contributed by atoms with van der Waals surface area (Å²) in [4.78, 5) is 0. The van der Waals surface area contributed by atoms with E-state index in [-0.39, 0.29) is 6.04 Å². The van der Waals surface area contributed by atoms with Crippen LogP contribution >= 0.6 is 15.9 Å². The highest BCUT2D eigenvalue weighted by Crippen LogP contribution is 2.23. The topological polar surface area (TPSA) is 43.8 Å². The quantitative estimate of drug-likeness (QED) is 0.745. The molecule has 0 saturated carbocycles. The van der Waals surface area contributed by atoms with Gasteiger partial charge in [0.25, 0.3) is 0 Å². The minimum Gasteiger partial charge on any atom is -0.327 e. The second kappa shape index (κ2) is 7.95. The van der Waals surface area contributed by atoms with E-state index in [0.29, 0.717) is 0 Å². The zero-order chi connectivity index (χ0) is 13.5. The van der Waals surface area contributed by atoms with Crippen LogP contribution in [0.2, 0.25) is 0 Å². The monoisotopic (exact) mass is 315 g/mol. The van der Waals surface area contributed by atoms with Crippen LogP contribution in [0.15, 0.2) is 4.47 Å². The molecule has 0 aromatic carbocycles. The van der Waals surface area contributed by atoms with Crippen LogP contribution in [-0.4, -0.2) is 15.8 Å². The molecule has 0 aliphatic rings. The van der Waals surface area contributed by atoms with E-state index in [4.69, 9.17) is 5.73 Å². The average Bonchev–Trinajstić information content (AvgIpc) is 2.62. The summed E-state index contributed by atoms with van der Waals surface area (Å²) < 4.78 is 3.12. The maximum Gasteiger partial charge on any atom is 0.0766 e. The molecule has 4 heteroatoms. The fourth-order valence-corrected chi connectivity index (χ4v) is 3.00. The number of nitrogens with zero attached hydrogens (tertiary/aromatic N) is 2. The predicted octanol–water partition coefficient (Wildman–Crippen LogP) is 3.59. The molecule has 3 nitrogen and oxygen atoms in total. The Balaban J connectivity index is 2.48. The second-order valence-electron chi connectivity index (χ2n) is 5.00. The molecule has 1 unspecified atom stereocenters. The van der Waals surface area contributed by atoms with E-state index in [2.05, 4.69) is 34.9 Å². The smallest absolute Gasteiger partial charge is 0.0766 e. The number of rotatable bonds is 8. The van der Waals surface area contributed by atoms with Crippen LogP contribution in [0.4, 0.5) is 0 Å². The van der Waals surface area contributed by atoms with Gasteiger partial charge in [-0.15, -0.1) is 0 Å². The lowest BCUT2D eigenvalue weighted by atomic mass is 10.0. The van der Waals surface area contributed by atoms with Crippen LogP contribution in [0.3, 0.4) is 0 Å². The number of hydrogen-bond acceptors (Lipinski definition) is 2. The zero-order valence-corrected chi connectivity index (χ0v) is 13.5. The SMILES string of the molecule is CCCCCCC(N)Cc1c(Br)c(CC)nn1C. The van der Waals surface area contributed by atoms with Crippen molar-refractivity contribution in [3.63, 3.8) is 0 Å². The third-order valence-electron chi connectivity index (χ3n) is 3.39. The maximum absolute atomic E-state index is 6.21. The van der Waals surface area contributed by atoms with E-state index in [1.807, 2.05) is 11.7 Å². The highest BCUT2D eigenvalue weighted by Gasteiger charge is 2.15. The highest BCUT2D eigenvalue weighted by molar-refractivity contribution is 9.10. The van der Waals surface area contributed by atoms with Crippen molar-refractivity contribution in [3.05, 3.63) is 15.9 Å². The van der Waals surface area contributed by atoms with Gasteiger partial charge in [-0.3, -0.25) is 4.68 Å². The van der Waals surface area contributed by atoms with Crippen molar-refractivity contribution in [2.24, 2.45) is 12.8 Å². The first kappa shape index (κ1) is 15.7. The third-order valence-corrected chi connectivity index (χ3v) is 4.30. The molecule has 1 aromatic heterocycles. The molecule has 0 amide bonds. The number of unbranched alkanes of at least 4 members (excludes halogenated alkanes) is 3. The number of aromatic nitrogens is 2. The van der Waals surface area contributed by atoms with Crippen LogP contribution in [0.5, 0.6) is 0 Å². The van der Waals surface area contributed by atoms with Crippen molar-refractivity contribution in [3.8, 4) is 0 Å². The molecule has 0 spiro atoms. The lowest BCUT2D eigenvalue weighted by Gasteiger charge is -2.12. The summed E-state index contributed by atoms with van der Waals surface area (Å²) in [5.41, 5.74) is 8.58. The Kier molecular flexibility index (Phi) is 6.94. The molecule has 2 N–H and O–H groups in total. The number of hydrogen-bond donors (Lipinski definition) is 1. The Hall–Kier alpha value is -0.350. The summed E-state index contributed by atoms with van der Waals surface area (Å²) in [5.74, 6) is 0. The summed E-state index contributed by atoms with van der Waals surface area (Å²) >= 11 is 3.64. The summed E-state index contributed by atoms with van der Waals surface area (Å²) in [7, 11) is 2.00. The molecule has 18 heavy (non-hydrogen) atoms. The molecule has 0 aliphatic heterocycles. The van der Waals surface area contributed by atoms with Crippen LogP contribution in [-0.2, 0) is 19.9 Å². The summed E-state index contributed by atoms with van der Waals surface area (Å²) in [6.07, 6.45) is 8.13. The lowest BCUT2D eigenvalue weighted by molar-refractivity contribution is 0.530. The van der Waals surface area contributed by atoms with Gasteiger partial charge in [-0.1, -0.05) is 39.5 Å². The molecule has 104 valence electrons. The van der Waals surface area contributed by atoms with Crippen LogP contribution in [0.25, 0.3) is 0 Å². The molecular weight excluding hydrogens is 290 g/mol. The molecule has 1 aromatic rings. The van der Waals surface area contributed by atoms with Gasteiger partial charge in [0.05, 0.1) is 15.9 Å². The van der Waals surface area contributed by atoms with Crippen LogP contribution < -0.4 is 5.73 Å². The van der Waals surface area contributed by atoms with Crippen molar-refractivity contribution in [1.29, 1.82) is 0 Å². The fourth-order valence-electron chi connectivity index (χ4n) is 2.23. The number of nitrogens with two attached hydrogens (primary N) is 1. The summed E-state index contributed by atoms with van der Waals surface area (Å²) in [5, 5.41) is 4.51. The van der Waals surface area contributed by atoms with Gasteiger partial charge in [0.15, 0.2) is 0 Å². The third kappa shape index (κ3) is 4.39. The first-order chi connectivity index (χ1) is 8.60. The molecule has 0 bridgehead atoms. The summed E-state index contributed by atoms with van der Waals surface area (Å²) in [6, 6.07) is 0.248. The van der Waals surface area contributed by atoms with Gasteiger partial charge in [0.2, 0.25) is 0 Å². The molecule has 1 rings (SSSR count). The van der Waals surface area contributed by atoms with Crippen molar-refractivity contribution < 1.29 is 0 Å². The fraction of sp³-hybridized carbons (Fsp3) is 0.786. The highest BCUT2D eigenvalue weighted by atomic mass is 79.9. The van der Waals surface area contributed by atoms with Crippen molar-refractivity contribution in [2.75, 3.05) is 0 Å². The largest absolute Gasteiger partial charge is 0.327 e. The van der Waals surface area contributed by atoms with Gasteiger partial charge < -0.3 is 5.73 Å². The Morgan fingerprint density at radius 3 is 2.56 bits per heavy atom. The van der Waals surface area contributed by atoms with E-state index in [1.54, 1.807) is 0 Å². The van der Waals surface area contributed by atoms with Gasteiger partial charge in [0.1, 0.15) is 0 Å². The standard InChI is InChI=1S/C14H26BrN3/c1-4-6-7-8-9-11(16)10-13-14(15)12(5-2)17-18(13)3/h11H,4-10,16H2,1-3H3. The van der Waals surface area contributed by atoms with E-state index < -0.39 is 0 Å². The maximum atomic E-state index is 6.21. The summed E-state index contributed by atoms with van der Waals surface area (Å²) in [6.45, 7) is 4.36. The molecular formula is C14H26BrN3. The molecule has 0 aliphatic carbocycles. The zero-order valence-electron chi connectivity index (χ0n) is 11.9. The Morgan fingerprint density at radius 1 is 1.28 bits per heavy atom. The molecule has 0 fully saturated rings. The van der Waals surface area contributed by atoms with E-state index >= 15 is 0 Å². The minimum atomic E-state index is 0.248. The van der Waals surface area contributed by atoms with Gasteiger partial charge in [-0.25, -0.2) is 0 Å². The van der Waals surface area contributed by atoms with E-state index in [1.165, 1.54) is 31.4 Å². The van der Waals surface area contributed by atoms with Crippen molar-refractivity contribution in [2.45, 2.75) is 64.8 Å². The number of aryl methyl sites for hydroxylation is 2. The molecule has 1 heterocycles. The van der Waals surface area contributed by atoms with Gasteiger partial charge >= 0.3 is 0 Å². The molecule has 0 saturated heterocycles. The Morgan fingerprint density at radius 2 is 2.00 bits per heavy atom. The first-order valence-electron chi connectivity index (χ1n) is 7.05. The predicted molar refractivity (Wildman–Crippen MR) is 80.7 cm³/mol. The van der Waals surface area contributed by atoms with Crippen molar-refractivity contribution in [1.82, 2.24) is 9.78 Å². The van der Waals surface area contributed by atoms with Gasteiger partial charge in [0, 0.05) is 19.5 Å². The number of halogens is 1. The lowest BCUT2D eigenvalue weighted by Crippen LogP contribution is -2.24. The van der Waals surface area contributed by atoms with E-state index in [0.717, 1.165) is 29.4 Å². The van der Waals surface area contributed by atoms with Crippen molar-refractivity contribution >= 4 is 15.9 Å².